The molecule has 3 aromatic rings. The number of nitrogens with zero attached hydrogens (tertiary/aromatic N) is 5. The Bertz CT molecular complexity index is 998. The van der Waals surface area contributed by atoms with Crippen LogP contribution in [0.3, 0.4) is 0 Å². The lowest BCUT2D eigenvalue weighted by Gasteiger charge is -2.12. The predicted molar refractivity (Wildman–Crippen MR) is 93.4 cm³/mol. The molecule has 0 amide bonds. The van der Waals surface area contributed by atoms with Gasteiger partial charge in [0.1, 0.15) is 6.54 Å². The molecule has 2 heterocycles. The Balaban J connectivity index is 2.01. The Morgan fingerprint density at radius 1 is 1.16 bits per heavy atom. The number of benzene rings is 2. The summed E-state index contributed by atoms with van der Waals surface area (Å²) in [5.41, 5.74) is 2.97. The van der Waals surface area contributed by atoms with E-state index in [4.69, 9.17) is 11.6 Å². The van der Waals surface area contributed by atoms with Gasteiger partial charge in [-0.3, -0.25) is 19.7 Å². The lowest BCUT2D eigenvalue weighted by atomic mass is 10.00. The van der Waals surface area contributed by atoms with Crippen LogP contribution < -0.4 is 0 Å². The molecule has 0 bridgehead atoms. The van der Waals surface area contributed by atoms with Gasteiger partial charge in [0.05, 0.1) is 22.2 Å². The number of aliphatic imine (C=N–C) groups is 1. The lowest BCUT2D eigenvalue weighted by Crippen LogP contribution is -2.09. The van der Waals surface area contributed by atoms with Crippen LogP contribution in [0.5, 0.6) is 0 Å². The number of alkyl halides is 1. The number of nitro benzene ring substituents is 1. The van der Waals surface area contributed by atoms with E-state index in [0.717, 1.165) is 11.3 Å². The van der Waals surface area contributed by atoms with Gasteiger partial charge in [-0.05, 0) is 6.07 Å². The quantitative estimate of drug-likeness (QED) is 0.411. The van der Waals surface area contributed by atoms with Gasteiger partial charge in [-0.15, -0.1) is 21.8 Å². The molecule has 4 rings (SSSR count). The molecule has 2 aromatic carbocycles. The second kappa shape index (κ2) is 6.10. The smallest absolute Gasteiger partial charge is 0.270 e. The van der Waals surface area contributed by atoms with Gasteiger partial charge in [-0.2, -0.15) is 0 Å². The fourth-order valence-corrected chi connectivity index (χ4v) is 3.09. The summed E-state index contributed by atoms with van der Waals surface area (Å²) in [6.45, 7) is 0.316. The summed E-state index contributed by atoms with van der Waals surface area (Å²) in [4.78, 5) is 15.5. The standard InChI is InChI=1S/C17H12ClN5O2/c18-9-15-20-21-16-10-19-17(11-4-2-1-3-5-11)13-8-12(23(24)25)6-7-14(13)22(15)16/h1-8H,9-10H2. The molecule has 0 saturated heterocycles. The highest BCUT2D eigenvalue weighted by Gasteiger charge is 2.24. The topological polar surface area (TPSA) is 86.2 Å². The monoisotopic (exact) mass is 353 g/mol. The fourth-order valence-electron chi connectivity index (χ4n) is 2.92. The van der Waals surface area contributed by atoms with Crippen molar-refractivity contribution >= 4 is 23.0 Å². The molecule has 0 aliphatic carbocycles. The molecule has 0 radical (unpaired) electrons. The lowest BCUT2D eigenvalue weighted by molar-refractivity contribution is -0.384. The minimum absolute atomic E-state index is 0.00586. The number of aromatic nitrogens is 3. The number of hydrogen-bond donors (Lipinski definition) is 0. The molecule has 0 fully saturated rings. The normalized spacial score (nSPS) is 12.8. The van der Waals surface area contributed by atoms with Crippen molar-refractivity contribution < 1.29 is 4.92 Å². The van der Waals surface area contributed by atoms with Gasteiger partial charge in [0.15, 0.2) is 11.6 Å². The Labute approximate surface area is 147 Å². The van der Waals surface area contributed by atoms with E-state index in [2.05, 4.69) is 15.2 Å². The third kappa shape index (κ3) is 2.58. The number of hydrogen-bond acceptors (Lipinski definition) is 5. The van der Waals surface area contributed by atoms with E-state index in [0.29, 0.717) is 29.5 Å². The maximum atomic E-state index is 11.2. The Morgan fingerprint density at radius 3 is 2.68 bits per heavy atom. The van der Waals surface area contributed by atoms with Crippen molar-refractivity contribution in [2.45, 2.75) is 12.4 Å². The van der Waals surface area contributed by atoms with E-state index in [1.165, 1.54) is 12.1 Å². The van der Waals surface area contributed by atoms with Crippen molar-refractivity contribution in [2.24, 2.45) is 4.99 Å². The number of halogens is 1. The average molecular weight is 354 g/mol. The van der Waals surface area contributed by atoms with E-state index in [1.807, 2.05) is 34.9 Å². The highest BCUT2D eigenvalue weighted by Crippen LogP contribution is 2.29. The van der Waals surface area contributed by atoms with Crippen LogP contribution in [0.2, 0.25) is 0 Å². The molecule has 0 unspecified atom stereocenters. The minimum Gasteiger partial charge on any atom is -0.280 e. The van der Waals surface area contributed by atoms with Crippen LogP contribution in [0.4, 0.5) is 5.69 Å². The van der Waals surface area contributed by atoms with Crippen LogP contribution in [-0.2, 0) is 12.4 Å². The molecule has 124 valence electrons. The number of fused-ring (bicyclic) bond motifs is 3. The van der Waals surface area contributed by atoms with Crippen molar-refractivity contribution in [3.8, 4) is 5.69 Å². The van der Waals surface area contributed by atoms with Gasteiger partial charge in [0.2, 0.25) is 0 Å². The van der Waals surface area contributed by atoms with Crippen LogP contribution in [0, 0.1) is 10.1 Å². The summed E-state index contributed by atoms with van der Waals surface area (Å²) in [6.07, 6.45) is 0. The zero-order chi connectivity index (χ0) is 17.4. The van der Waals surface area contributed by atoms with E-state index in [-0.39, 0.29) is 11.6 Å². The summed E-state index contributed by atoms with van der Waals surface area (Å²) in [7, 11) is 0. The second-order valence-electron chi connectivity index (χ2n) is 5.49. The van der Waals surface area contributed by atoms with Crippen LogP contribution in [-0.4, -0.2) is 25.4 Å². The molecule has 0 N–H and O–H groups in total. The molecule has 0 spiro atoms. The minimum atomic E-state index is -0.413. The van der Waals surface area contributed by atoms with Crippen LogP contribution in [0.1, 0.15) is 22.8 Å². The van der Waals surface area contributed by atoms with Gasteiger partial charge in [-0.1, -0.05) is 30.3 Å². The van der Waals surface area contributed by atoms with Gasteiger partial charge in [0, 0.05) is 23.3 Å². The Morgan fingerprint density at radius 2 is 1.96 bits per heavy atom. The predicted octanol–water partition coefficient (Wildman–Crippen LogP) is 3.27. The molecule has 1 aromatic heterocycles. The van der Waals surface area contributed by atoms with E-state index >= 15 is 0 Å². The summed E-state index contributed by atoms with van der Waals surface area (Å²) < 4.78 is 1.82. The average Bonchev–Trinajstić information content (AvgIpc) is 2.98. The van der Waals surface area contributed by atoms with Crippen molar-refractivity contribution in [3.05, 3.63) is 81.4 Å². The van der Waals surface area contributed by atoms with Gasteiger partial charge in [0.25, 0.3) is 5.69 Å². The van der Waals surface area contributed by atoms with E-state index in [1.54, 1.807) is 6.07 Å². The molecule has 1 aliphatic rings. The van der Waals surface area contributed by atoms with Gasteiger partial charge in [-0.25, -0.2) is 0 Å². The van der Waals surface area contributed by atoms with Crippen LogP contribution in [0.15, 0.2) is 53.5 Å². The summed E-state index contributed by atoms with van der Waals surface area (Å²) in [5, 5.41) is 19.5. The van der Waals surface area contributed by atoms with E-state index < -0.39 is 4.92 Å². The maximum absolute atomic E-state index is 11.2. The highest BCUT2D eigenvalue weighted by atomic mass is 35.5. The third-order valence-corrected chi connectivity index (χ3v) is 4.27. The molecule has 7 nitrogen and oxygen atoms in total. The maximum Gasteiger partial charge on any atom is 0.270 e. The molecule has 0 atom stereocenters. The summed E-state index contributed by atoms with van der Waals surface area (Å²) >= 11 is 5.99. The number of non-ortho nitro benzene ring substituents is 1. The first-order valence-corrected chi connectivity index (χ1v) is 8.10. The first kappa shape index (κ1) is 15.5. The number of rotatable bonds is 3. The largest absolute Gasteiger partial charge is 0.280 e. The molecule has 1 aliphatic heterocycles. The van der Waals surface area contributed by atoms with Gasteiger partial charge < -0.3 is 0 Å². The van der Waals surface area contributed by atoms with Crippen molar-refractivity contribution in [1.82, 2.24) is 14.8 Å². The fraction of sp³-hybridized carbons (Fsp3) is 0.118. The third-order valence-electron chi connectivity index (χ3n) is 4.03. The van der Waals surface area contributed by atoms with Crippen LogP contribution >= 0.6 is 11.6 Å². The number of nitro groups is 1. The SMILES string of the molecule is O=[N+]([O-])c1ccc2c(c1)C(c1ccccc1)=NCc1nnc(CCl)n1-2. The van der Waals surface area contributed by atoms with Crippen LogP contribution in [0.25, 0.3) is 5.69 Å². The Hall–Kier alpha value is -3.06. The van der Waals surface area contributed by atoms with Crippen molar-refractivity contribution in [3.63, 3.8) is 0 Å². The molecule has 25 heavy (non-hydrogen) atoms. The second-order valence-corrected chi connectivity index (χ2v) is 5.76. The highest BCUT2D eigenvalue weighted by molar-refractivity contribution is 6.17. The van der Waals surface area contributed by atoms with Crippen molar-refractivity contribution in [2.75, 3.05) is 0 Å². The zero-order valence-corrected chi connectivity index (χ0v) is 13.7. The van der Waals surface area contributed by atoms with Gasteiger partial charge >= 0.3 is 0 Å². The van der Waals surface area contributed by atoms with Crippen molar-refractivity contribution in [1.29, 1.82) is 0 Å². The summed E-state index contributed by atoms with van der Waals surface area (Å²) in [5.74, 6) is 1.41. The zero-order valence-electron chi connectivity index (χ0n) is 13.0. The van der Waals surface area contributed by atoms with E-state index in [9.17, 15) is 10.1 Å². The molecule has 8 heteroatoms. The first-order chi connectivity index (χ1) is 12.2. The molecular formula is C17H12ClN5O2. The molecular weight excluding hydrogens is 342 g/mol. The first-order valence-electron chi connectivity index (χ1n) is 7.57. The molecule has 0 saturated carbocycles. The summed E-state index contributed by atoms with van der Waals surface area (Å²) in [6, 6.07) is 14.3. The Kier molecular flexibility index (Phi) is 3.77.